The molecule has 0 radical (unpaired) electrons. The summed E-state index contributed by atoms with van der Waals surface area (Å²) in [5.41, 5.74) is 1.47. The Morgan fingerprint density at radius 1 is 1.05 bits per heavy atom. The first kappa shape index (κ1) is 15.7. The van der Waals surface area contributed by atoms with Crippen LogP contribution in [0.25, 0.3) is 0 Å². The summed E-state index contributed by atoms with van der Waals surface area (Å²) in [6, 6.07) is 6.02. The minimum atomic E-state index is -3.98. The van der Waals surface area contributed by atoms with Crippen molar-refractivity contribution in [1.82, 2.24) is 0 Å². The summed E-state index contributed by atoms with van der Waals surface area (Å²) >= 11 is 3.23. The van der Waals surface area contributed by atoms with Crippen LogP contribution in [-0.4, -0.2) is 19.9 Å². The molecule has 0 aliphatic heterocycles. The van der Waals surface area contributed by atoms with Crippen LogP contribution in [0.5, 0.6) is 0 Å². The largest absolute Gasteiger partial charge is 0.358 e. The standard InChI is InChI=1S/C14H12BrNO4S/c1-9-7-12(17)8-10(2)14(9)16-20-21(18,19)13-5-3-11(15)4-6-13/h3-8H,1-2H3. The number of oxime groups is 1. The fourth-order valence-electron chi connectivity index (χ4n) is 1.79. The van der Waals surface area contributed by atoms with Gasteiger partial charge >= 0.3 is 10.1 Å². The van der Waals surface area contributed by atoms with Crippen molar-refractivity contribution in [2.45, 2.75) is 18.7 Å². The van der Waals surface area contributed by atoms with Gasteiger partial charge in [-0.05, 0) is 61.4 Å². The zero-order valence-electron chi connectivity index (χ0n) is 11.3. The molecule has 0 N–H and O–H groups in total. The van der Waals surface area contributed by atoms with Crippen LogP contribution in [0.2, 0.25) is 0 Å². The molecule has 0 heterocycles. The van der Waals surface area contributed by atoms with Gasteiger partial charge in [-0.3, -0.25) is 9.08 Å². The zero-order valence-corrected chi connectivity index (χ0v) is 13.7. The number of ketones is 1. The molecule has 1 aromatic carbocycles. The molecule has 0 spiro atoms. The predicted molar refractivity (Wildman–Crippen MR) is 82.4 cm³/mol. The highest BCUT2D eigenvalue weighted by atomic mass is 79.9. The van der Waals surface area contributed by atoms with Crippen molar-refractivity contribution in [3.8, 4) is 0 Å². The second kappa shape index (κ2) is 5.95. The number of benzene rings is 1. The number of carbonyl (C=O) groups is 1. The first-order valence-corrected chi connectivity index (χ1v) is 8.18. The van der Waals surface area contributed by atoms with Gasteiger partial charge < -0.3 is 0 Å². The Bertz CT molecular complexity index is 750. The molecular formula is C14H12BrNO4S. The summed E-state index contributed by atoms with van der Waals surface area (Å²) in [6.07, 6.45) is 2.75. The fourth-order valence-corrected chi connectivity index (χ4v) is 2.78. The van der Waals surface area contributed by atoms with Crippen LogP contribution in [0.4, 0.5) is 0 Å². The SMILES string of the molecule is CC1=CC(=O)C=C(C)C1=NOS(=O)(=O)c1ccc(Br)cc1. The van der Waals surface area contributed by atoms with Crippen molar-refractivity contribution in [2.24, 2.45) is 5.16 Å². The van der Waals surface area contributed by atoms with E-state index in [1.807, 2.05) is 0 Å². The topological polar surface area (TPSA) is 72.8 Å². The third kappa shape index (κ3) is 3.68. The maximum absolute atomic E-state index is 12.0. The van der Waals surface area contributed by atoms with Crippen molar-refractivity contribution in [2.75, 3.05) is 0 Å². The van der Waals surface area contributed by atoms with Crippen molar-refractivity contribution in [3.63, 3.8) is 0 Å². The molecule has 0 amide bonds. The molecule has 1 aliphatic rings. The molecule has 0 atom stereocenters. The second-order valence-corrected chi connectivity index (χ2v) is 6.92. The molecule has 21 heavy (non-hydrogen) atoms. The highest BCUT2D eigenvalue weighted by Gasteiger charge is 2.19. The first-order chi connectivity index (χ1) is 9.79. The predicted octanol–water partition coefficient (Wildman–Crippen LogP) is 2.99. The van der Waals surface area contributed by atoms with Gasteiger partial charge in [-0.25, -0.2) is 0 Å². The average molecular weight is 370 g/mol. The van der Waals surface area contributed by atoms with Gasteiger partial charge in [0, 0.05) is 4.47 Å². The highest BCUT2D eigenvalue weighted by molar-refractivity contribution is 9.10. The Hall–Kier alpha value is -1.73. The van der Waals surface area contributed by atoms with Crippen molar-refractivity contribution in [3.05, 3.63) is 52.0 Å². The second-order valence-electron chi connectivity index (χ2n) is 4.48. The summed E-state index contributed by atoms with van der Waals surface area (Å²) in [7, 11) is -3.98. The van der Waals surface area contributed by atoms with E-state index in [-0.39, 0.29) is 10.7 Å². The number of hydrogen-bond donors (Lipinski definition) is 0. The molecule has 5 nitrogen and oxygen atoms in total. The van der Waals surface area contributed by atoms with Gasteiger partial charge in [-0.1, -0.05) is 21.1 Å². The van der Waals surface area contributed by atoms with E-state index in [9.17, 15) is 13.2 Å². The lowest BCUT2D eigenvalue weighted by atomic mass is 9.98. The molecule has 110 valence electrons. The zero-order chi connectivity index (χ0) is 15.6. The first-order valence-electron chi connectivity index (χ1n) is 5.98. The van der Waals surface area contributed by atoms with Crippen molar-refractivity contribution in [1.29, 1.82) is 0 Å². The normalized spacial score (nSPS) is 15.4. The summed E-state index contributed by atoms with van der Waals surface area (Å²) in [4.78, 5) is 11.3. The van der Waals surface area contributed by atoms with Crippen molar-refractivity contribution < 1.29 is 17.5 Å². The third-order valence-electron chi connectivity index (χ3n) is 2.79. The smallest absolute Gasteiger partial charge is 0.290 e. The van der Waals surface area contributed by atoms with E-state index in [2.05, 4.69) is 21.1 Å². The van der Waals surface area contributed by atoms with Gasteiger partial charge in [0.2, 0.25) is 0 Å². The Labute approximate surface area is 131 Å². The lowest BCUT2D eigenvalue weighted by Crippen LogP contribution is -2.13. The third-order valence-corrected chi connectivity index (χ3v) is 4.44. The molecule has 0 aromatic heterocycles. The van der Waals surface area contributed by atoms with Gasteiger partial charge in [-0.15, -0.1) is 0 Å². The van der Waals surface area contributed by atoms with E-state index in [4.69, 9.17) is 4.28 Å². The molecule has 1 aliphatic carbocycles. The Morgan fingerprint density at radius 2 is 1.57 bits per heavy atom. The minimum Gasteiger partial charge on any atom is -0.290 e. The minimum absolute atomic E-state index is 0.00482. The highest BCUT2D eigenvalue weighted by Crippen LogP contribution is 2.19. The summed E-state index contributed by atoms with van der Waals surface area (Å²) in [5.74, 6) is -0.153. The van der Waals surface area contributed by atoms with Gasteiger partial charge in [0.05, 0.1) is 0 Å². The van der Waals surface area contributed by atoms with Crippen LogP contribution < -0.4 is 0 Å². The molecule has 7 heteroatoms. The van der Waals surface area contributed by atoms with Crippen LogP contribution in [-0.2, 0) is 19.2 Å². The van der Waals surface area contributed by atoms with Crippen LogP contribution >= 0.6 is 15.9 Å². The van der Waals surface area contributed by atoms with Crippen LogP contribution in [0.1, 0.15) is 13.8 Å². The molecule has 0 bridgehead atoms. The number of rotatable bonds is 3. The Morgan fingerprint density at radius 3 is 2.10 bits per heavy atom. The molecule has 0 unspecified atom stereocenters. The number of halogens is 1. The van der Waals surface area contributed by atoms with Gasteiger partial charge in [0.15, 0.2) is 5.78 Å². The molecule has 0 saturated heterocycles. The van der Waals surface area contributed by atoms with E-state index in [0.29, 0.717) is 16.9 Å². The van der Waals surface area contributed by atoms with Gasteiger partial charge in [0.25, 0.3) is 0 Å². The summed E-state index contributed by atoms with van der Waals surface area (Å²) in [5, 5.41) is 3.68. The average Bonchev–Trinajstić information content (AvgIpc) is 2.37. The lowest BCUT2D eigenvalue weighted by molar-refractivity contribution is -0.110. The van der Waals surface area contributed by atoms with E-state index in [1.165, 1.54) is 24.3 Å². The van der Waals surface area contributed by atoms with E-state index < -0.39 is 10.1 Å². The Balaban J connectivity index is 2.28. The number of allylic oxidation sites excluding steroid dienone is 4. The molecule has 1 aromatic rings. The fraction of sp³-hybridized carbons (Fsp3) is 0.143. The lowest BCUT2D eigenvalue weighted by Gasteiger charge is -2.10. The maximum atomic E-state index is 12.0. The number of carbonyl (C=O) groups excluding carboxylic acids is 1. The molecule has 0 fully saturated rings. The van der Waals surface area contributed by atoms with Crippen molar-refractivity contribution >= 4 is 37.5 Å². The summed E-state index contributed by atoms with van der Waals surface area (Å²) < 4.78 is 29.5. The van der Waals surface area contributed by atoms with E-state index in [0.717, 1.165) is 4.47 Å². The molecule has 0 saturated carbocycles. The maximum Gasteiger partial charge on any atom is 0.358 e. The van der Waals surface area contributed by atoms with Gasteiger partial charge in [-0.2, -0.15) is 8.42 Å². The van der Waals surface area contributed by atoms with E-state index >= 15 is 0 Å². The van der Waals surface area contributed by atoms with Gasteiger partial charge in [0.1, 0.15) is 10.6 Å². The quantitative estimate of drug-likeness (QED) is 0.606. The molecule has 2 rings (SSSR count). The van der Waals surface area contributed by atoms with Crippen LogP contribution in [0.3, 0.4) is 0 Å². The summed E-state index contributed by atoms with van der Waals surface area (Å²) in [6.45, 7) is 3.34. The van der Waals surface area contributed by atoms with E-state index in [1.54, 1.807) is 26.0 Å². The molecular weight excluding hydrogens is 358 g/mol. The number of hydrogen-bond acceptors (Lipinski definition) is 5. The van der Waals surface area contributed by atoms with Crippen LogP contribution in [0, 0.1) is 0 Å². The van der Waals surface area contributed by atoms with Crippen LogP contribution in [0.15, 0.2) is 62.1 Å². The Kier molecular flexibility index (Phi) is 4.43. The number of nitrogens with zero attached hydrogens (tertiary/aromatic N) is 1. The monoisotopic (exact) mass is 369 g/mol.